The average molecular weight is 421 g/mol. The van der Waals surface area contributed by atoms with Gasteiger partial charge in [-0.2, -0.15) is 0 Å². The zero-order chi connectivity index (χ0) is 20.6. The Bertz CT molecular complexity index is 541. The summed E-state index contributed by atoms with van der Waals surface area (Å²) in [6, 6.07) is 0. The Morgan fingerprint density at radius 3 is 1.23 bits per heavy atom. The van der Waals surface area contributed by atoms with Crippen LogP contribution in [0.5, 0.6) is 0 Å². The van der Waals surface area contributed by atoms with Crippen LogP contribution in [0.1, 0.15) is 64.2 Å². The van der Waals surface area contributed by atoms with E-state index in [2.05, 4.69) is 13.2 Å². The summed E-state index contributed by atoms with van der Waals surface area (Å²) < 4.78 is 39.3. The van der Waals surface area contributed by atoms with Crippen LogP contribution in [0.2, 0.25) is 0 Å². The molecule has 30 heavy (non-hydrogen) atoms. The van der Waals surface area contributed by atoms with Crippen molar-refractivity contribution in [2.45, 2.75) is 112 Å². The van der Waals surface area contributed by atoms with Crippen molar-refractivity contribution in [2.24, 2.45) is 0 Å². The van der Waals surface area contributed by atoms with E-state index in [-0.39, 0.29) is 36.6 Å². The van der Waals surface area contributed by atoms with E-state index < -0.39 is 11.6 Å². The van der Waals surface area contributed by atoms with Gasteiger partial charge in [-0.05, 0) is 25.7 Å². The van der Waals surface area contributed by atoms with E-state index in [0.29, 0.717) is 13.2 Å². The fourth-order valence-electron chi connectivity index (χ4n) is 6.10. The van der Waals surface area contributed by atoms with E-state index in [1.165, 1.54) is 12.8 Å². The highest BCUT2D eigenvalue weighted by Gasteiger charge is 2.66. The molecule has 0 aromatic rings. The predicted octanol–water partition coefficient (Wildman–Crippen LogP) is 4.03. The van der Waals surface area contributed by atoms with Gasteiger partial charge in [0.05, 0.1) is 13.2 Å². The molecule has 0 bridgehead atoms. The molecule has 3 saturated carbocycles. The number of hydrogen-bond acceptors (Lipinski definition) is 6. The monoisotopic (exact) mass is 420 g/mol. The Hall–Kier alpha value is -0.760. The van der Waals surface area contributed by atoms with Gasteiger partial charge in [0.2, 0.25) is 0 Å². The van der Waals surface area contributed by atoms with Crippen molar-refractivity contribution in [2.75, 3.05) is 13.2 Å². The van der Waals surface area contributed by atoms with Crippen molar-refractivity contribution in [3.05, 3.63) is 25.3 Å². The molecule has 3 aliphatic carbocycles. The fourth-order valence-corrected chi connectivity index (χ4v) is 6.10. The Balaban J connectivity index is 1.45. The second kappa shape index (κ2) is 8.64. The van der Waals surface area contributed by atoms with E-state index >= 15 is 0 Å². The maximum atomic E-state index is 6.67. The molecule has 5 aliphatic rings. The van der Waals surface area contributed by atoms with Crippen molar-refractivity contribution in [3.63, 3.8) is 0 Å². The molecule has 4 atom stereocenters. The first kappa shape index (κ1) is 21.1. The zero-order valence-corrected chi connectivity index (χ0v) is 18.0. The molecule has 0 radical (unpaired) electrons. The number of fused-ring (bicyclic) bond motifs is 2. The first-order chi connectivity index (χ1) is 14.7. The molecule has 2 heterocycles. The van der Waals surface area contributed by atoms with E-state index in [0.717, 1.165) is 51.4 Å². The Morgan fingerprint density at radius 1 is 0.600 bits per heavy atom. The summed E-state index contributed by atoms with van der Waals surface area (Å²) in [6.07, 6.45) is 12.7. The lowest BCUT2D eigenvalue weighted by atomic mass is 9.84. The zero-order valence-electron chi connectivity index (χ0n) is 18.0. The molecular weight excluding hydrogens is 384 g/mol. The number of rotatable bonds is 6. The van der Waals surface area contributed by atoms with Gasteiger partial charge < -0.3 is 28.4 Å². The third-order valence-corrected chi connectivity index (χ3v) is 7.39. The second-order valence-electron chi connectivity index (χ2n) is 9.45. The molecule has 6 heteroatoms. The first-order valence-corrected chi connectivity index (χ1v) is 11.9. The number of hydrogen-bond donors (Lipinski definition) is 0. The molecule has 6 nitrogen and oxygen atoms in total. The second-order valence-corrected chi connectivity index (χ2v) is 9.45. The Labute approximate surface area is 179 Å². The molecule has 0 aromatic heterocycles. The maximum Gasteiger partial charge on any atom is 0.169 e. The minimum Gasteiger partial charge on any atom is -0.369 e. The third-order valence-electron chi connectivity index (χ3n) is 7.39. The standard InChI is InChI=1S/C24H36O6/c1-3-15-25-17-19-21(29-23(27-19)11-7-5-8-12-23)18(26-16-4-2)22-20(17)28-24(30-22)13-9-6-10-14-24/h3-4,17-22H,1-2,5-16H2/t17?,18?,19-,20-,21+,22+. The highest BCUT2D eigenvalue weighted by Crippen LogP contribution is 2.52. The molecule has 0 amide bonds. The summed E-state index contributed by atoms with van der Waals surface area (Å²) in [5.41, 5.74) is 0. The lowest BCUT2D eigenvalue weighted by Crippen LogP contribution is -2.63. The highest BCUT2D eigenvalue weighted by molar-refractivity contribution is 5.11. The van der Waals surface area contributed by atoms with E-state index in [1.54, 1.807) is 12.2 Å². The molecular formula is C24H36O6. The molecule has 2 spiro atoms. The maximum absolute atomic E-state index is 6.67. The van der Waals surface area contributed by atoms with Crippen LogP contribution < -0.4 is 0 Å². The van der Waals surface area contributed by atoms with Crippen molar-refractivity contribution in [3.8, 4) is 0 Å². The first-order valence-electron chi connectivity index (χ1n) is 11.9. The highest BCUT2D eigenvalue weighted by atomic mass is 16.8. The lowest BCUT2D eigenvalue weighted by molar-refractivity contribution is -0.227. The topological polar surface area (TPSA) is 55.4 Å². The normalized spacial score (nSPS) is 41.5. The molecule has 5 rings (SSSR count). The molecule has 0 N–H and O–H groups in total. The average Bonchev–Trinajstić information content (AvgIpc) is 3.30. The van der Waals surface area contributed by atoms with Crippen LogP contribution >= 0.6 is 0 Å². The van der Waals surface area contributed by atoms with E-state index in [4.69, 9.17) is 28.4 Å². The SMILES string of the molecule is C=CCOC1[C@H]2OC3(CCCCC3)O[C@H]2C(OCC=C)[C@@H]2OC3(CCCCC3)O[C@H]12. The Morgan fingerprint density at radius 2 is 0.933 bits per heavy atom. The van der Waals surface area contributed by atoms with Crippen molar-refractivity contribution >= 4 is 0 Å². The van der Waals surface area contributed by atoms with Crippen molar-refractivity contribution in [1.29, 1.82) is 0 Å². The molecule has 0 unspecified atom stereocenters. The molecule has 168 valence electrons. The quantitative estimate of drug-likeness (QED) is 0.605. The largest absolute Gasteiger partial charge is 0.369 e. The van der Waals surface area contributed by atoms with Gasteiger partial charge in [-0.15, -0.1) is 13.2 Å². The van der Waals surface area contributed by atoms with Gasteiger partial charge in [-0.3, -0.25) is 0 Å². The lowest BCUT2D eigenvalue weighted by Gasteiger charge is -2.42. The van der Waals surface area contributed by atoms with Crippen LogP contribution in [0.15, 0.2) is 25.3 Å². The minimum absolute atomic E-state index is 0.235. The number of ether oxygens (including phenoxy) is 6. The summed E-state index contributed by atoms with van der Waals surface area (Å²) in [5.74, 6) is -1.05. The van der Waals surface area contributed by atoms with Gasteiger partial charge in [-0.1, -0.05) is 25.0 Å². The Kier molecular flexibility index (Phi) is 6.08. The van der Waals surface area contributed by atoms with Crippen molar-refractivity contribution in [1.82, 2.24) is 0 Å². The summed E-state index contributed by atoms with van der Waals surface area (Å²) in [6.45, 7) is 8.56. The van der Waals surface area contributed by atoms with Gasteiger partial charge >= 0.3 is 0 Å². The van der Waals surface area contributed by atoms with Crippen LogP contribution in [0.3, 0.4) is 0 Å². The van der Waals surface area contributed by atoms with Gasteiger partial charge in [0.15, 0.2) is 11.6 Å². The molecule has 2 saturated heterocycles. The van der Waals surface area contributed by atoms with E-state index in [9.17, 15) is 0 Å². The van der Waals surface area contributed by atoms with Gasteiger partial charge in [0.25, 0.3) is 0 Å². The summed E-state index contributed by atoms with van der Waals surface area (Å²) in [4.78, 5) is 0. The molecule has 5 fully saturated rings. The van der Waals surface area contributed by atoms with Gasteiger partial charge in [-0.25, -0.2) is 0 Å². The third kappa shape index (κ3) is 3.70. The summed E-state index contributed by atoms with van der Waals surface area (Å²) in [7, 11) is 0. The molecule has 0 aromatic carbocycles. The van der Waals surface area contributed by atoms with Crippen molar-refractivity contribution < 1.29 is 28.4 Å². The summed E-state index contributed by atoms with van der Waals surface area (Å²) >= 11 is 0. The van der Waals surface area contributed by atoms with Gasteiger partial charge in [0, 0.05) is 25.7 Å². The van der Waals surface area contributed by atoms with Crippen LogP contribution in [0.4, 0.5) is 0 Å². The fraction of sp³-hybridized carbons (Fsp3) is 0.833. The minimum atomic E-state index is -0.527. The summed E-state index contributed by atoms with van der Waals surface area (Å²) in [5, 5.41) is 0. The predicted molar refractivity (Wildman–Crippen MR) is 111 cm³/mol. The van der Waals surface area contributed by atoms with Crippen LogP contribution in [-0.4, -0.2) is 61.4 Å². The van der Waals surface area contributed by atoms with Gasteiger partial charge in [0.1, 0.15) is 36.6 Å². The van der Waals surface area contributed by atoms with Crippen LogP contribution in [-0.2, 0) is 28.4 Å². The van der Waals surface area contributed by atoms with E-state index in [1.807, 2.05) is 0 Å². The van der Waals surface area contributed by atoms with Crippen LogP contribution in [0.25, 0.3) is 0 Å². The van der Waals surface area contributed by atoms with Crippen LogP contribution in [0, 0.1) is 0 Å². The smallest absolute Gasteiger partial charge is 0.169 e. The molecule has 2 aliphatic heterocycles.